The van der Waals surface area contributed by atoms with Crippen molar-refractivity contribution in [1.29, 1.82) is 0 Å². The number of allylic oxidation sites excluding steroid dienone is 1. The second-order valence-electron chi connectivity index (χ2n) is 5.29. The van der Waals surface area contributed by atoms with E-state index >= 15 is 0 Å². The molecule has 2 aliphatic heterocycles. The zero-order chi connectivity index (χ0) is 13.8. The van der Waals surface area contributed by atoms with Crippen LogP contribution in [0.1, 0.15) is 32.6 Å². The van der Waals surface area contributed by atoms with E-state index in [1.54, 1.807) is 12.2 Å². The molecule has 0 bridgehead atoms. The Hall–Kier alpha value is -1.36. The maximum absolute atomic E-state index is 11.7. The standard InChI is InChI=1S/C14H22N2O3/c1-2-4-13(17)15-9-6-11(7-10-15)16-8-3-5-12(16)14(18)19/h2,4,11-12H,3,5-10H2,1H3,(H,18,19). The molecule has 2 aliphatic rings. The van der Waals surface area contributed by atoms with E-state index in [4.69, 9.17) is 0 Å². The van der Waals surface area contributed by atoms with Gasteiger partial charge < -0.3 is 10.0 Å². The molecule has 0 aromatic heterocycles. The second-order valence-corrected chi connectivity index (χ2v) is 5.29. The Bertz CT molecular complexity index is 373. The summed E-state index contributed by atoms with van der Waals surface area (Å²) in [5.74, 6) is -0.637. The molecule has 2 saturated heterocycles. The summed E-state index contributed by atoms with van der Waals surface area (Å²) in [6.07, 6.45) is 6.84. The van der Waals surface area contributed by atoms with Crippen molar-refractivity contribution >= 4 is 11.9 Å². The van der Waals surface area contributed by atoms with Gasteiger partial charge in [-0.2, -0.15) is 0 Å². The SMILES string of the molecule is CC=CC(=O)N1CCC(N2CCCC2C(=O)O)CC1. The molecule has 1 amide bonds. The number of aliphatic carboxylic acids is 1. The highest BCUT2D eigenvalue weighted by molar-refractivity contribution is 5.87. The van der Waals surface area contributed by atoms with Crippen LogP contribution in [0.5, 0.6) is 0 Å². The number of nitrogens with zero attached hydrogens (tertiary/aromatic N) is 2. The number of rotatable bonds is 3. The first-order valence-electron chi connectivity index (χ1n) is 7.03. The Balaban J connectivity index is 1.89. The van der Waals surface area contributed by atoms with Crippen LogP contribution in [-0.4, -0.2) is 58.5 Å². The number of hydrogen-bond acceptors (Lipinski definition) is 3. The molecule has 0 saturated carbocycles. The van der Waals surface area contributed by atoms with Crippen molar-refractivity contribution in [2.45, 2.75) is 44.7 Å². The summed E-state index contributed by atoms with van der Waals surface area (Å²) in [5, 5.41) is 9.21. The largest absolute Gasteiger partial charge is 0.480 e. The molecule has 2 heterocycles. The number of carboxylic acids is 1. The van der Waals surface area contributed by atoms with Gasteiger partial charge in [-0.15, -0.1) is 0 Å². The lowest BCUT2D eigenvalue weighted by Crippen LogP contribution is -2.49. The van der Waals surface area contributed by atoms with Gasteiger partial charge in [0.2, 0.25) is 5.91 Å². The topological polar surface area (TPSA) is 60.9 Å². The van der Waals surface area contributed by atoms with E-state index in [1.165, 1.54) is 0 Å². The number of hydrogen-bond donors (Lipinski definition) is 1. The molecule has 5 heteroatoms. The quantitative estimate of drug-likeness (QED) is 0.777. The Labute approximate surface area is 113 Å². The Morgan fingerprint density at radius 1 is 1.16 bits per heavy atom. The lowest BCUT2D eigenvalue weighted by molar-refractivity contribution is -0.143. The molecular formula is C14H22N2O3. The fourth-order valence-corrected chi connectivity index (χ4v) is 3.16. The summed E-state index contributed by atoms with van der Waals surface area (Å²) in [6, 6.07) is 0.000968. The van der Waals surface area contributed by atoms with Gasteiger partial charge in [-0.05, 0) is 45.2 Å². The highest BCUT2D eigenvalue weighted by Crippen LogP contribution is 2.26. The van der Waals surface area contributed by atoms with E-state index < -0.39 is 5.97 Å². The number of carbonyl (C=O) groups excluding carboxylic acids is 1. The van der Waals surface area contributed by atoms with Crippen LogP contribution >= 0.6 is 0 Å². The summed E-state index contributed by atoms with van der Waals surface area (Å²) in [6.45, 7) is 4.18. The molecule has 2 fully saturated rings. The van der Waals surface area contributed by atoms with Crippen LogP contribution < -0.4 is 0 Å². The molecule has 2 rings (SSSR count). The highest BCUT2D eigenvalue weighted by Gasteiger charge is 2.36. The first kappa shape index (κ1) is 14.1. The lowest BCUT2D eigenvalue weighted by atomic mass is 10.0. The van der Waals surface area contributed by atoms with Gasteiger partial charge in [0.1, 0.15) is 6.04 Å². The van der Waals surface area contributed by atoms with Crippen molar-refractivity contribution in [2.75, 3.05) is 19.6 Å². The molecule has 0 radical (unpaired) electrons. The van der Waals surface area contributed by atoms with E-state index in [0.717, 1.165) is 45.3 Å². The molecule has 19 heavy (non-hydrogen) atoms. The Morgan fingerprint density at radius 3 is 2.42 bits per heavy atom. The van der Waals surface area contributed by atoms with E-state index in [-0.39, 0.29) is 11.9 Å². The third-order valence-electron chi connectivity index (χ3n) is 4.13. The number of piperidine rings is 1. The van der Waals surface area contributed by atoms with Crippen LogP contribution in [-0.2, 0) is 9.59 Å². The van der Waals surface area contributed by atoms with Gasteiger partial charge in [0, 0.05) is 19.1 Å². The maximum atomic E-state index is 11.7. The van der Waals surface area contributed by atoms with Crippen molar-refractivity contribution in [1.82, 2.24) is 9.80 Å². The van der Waals surface area contributed by atoms with Crippen LogP contribution in [0, 0.1) is 0 Å². The van der Waals surface area contributed by atoms with E-state index in [9.17, 15) is 14.7 Å². The van der Waals surface area contributed by atoms with Crippen molar-refractivity contribution in [2.24, 2.45) is 0 Å². The van der Waals surface area contributed by atoms with Crippen molar-refractivity contribution < 1.29 is 14.7 Å². The molecule has 0 aromatic rings. The number of likely N-dealkylation sites (tertiary alicyclic amines) is 2. The monoisotopic (exact) mass is 266 g/mol. The van der Waals surface area contributed by atoms with Gasteiger partial charge in [-0.25, -0.2) is 0 Å². The molecule has 106 valence electrons. The van der Waals surface area contributed by atoms with Gasteiger partial charge in [-0.1, -0.05) is 6.08 Å². The molecule has 0 aromatic carbocycles. The zero-order valence-corrected chi connectivity index (χ0v) is 11.4. The fraction of sp³-hybridized carbons (Fsp3) is 0.714. The van der Waals surface area contributed by atoms with Gasteiger partial charge >= 0.3 is 5.97 Å². The van der Waals surface area contributed by atoms with Crippen molar-refractivity contribution in [3.63, 3.8) is 0 Å². The third-order valence-corrected chi connectivity index (χ3v) is 4.13. The van der Waals surface area contributed by atoms with Gasteiger partial charge in [0.25, 0.3) is 0 Å². The van der Waals surface area contributed by atoms with Crippen LogP contribution in [0.2, 0.25) is 0 Å². The van der Waals surface area contributed by atoms with Gasteiger partial charge in [0.15, 0.2) is 0 Å². The number of carboxylic acid groups (broad SMARTS) is 1. The fourth-order valence-electron chi connectivity index (χ4n) is 3.16. The Morgan fingerprint density at radius 2 is 1.84 bits per heavy atom. The molecular weight excluding hydrogens is 244 g/mol. The molecule has 1 N–H and O–H groups in total. The first-order valence-corrected chi connectivity index (χ1v) is 7.03. The summed E-state index contributed by atoms with van der Waals surface area (Å²) in [4.78, 5) is 26.9. The first-order chi connectivity index (χ1) is 9.13. The lowest BCUT2D eigenvalue weighted by Gasteiger charge is -2.38. The van der Waals surface area contributed by atoms with Crippen LogP contribution in [0.15, 0.2) is 12.2 Å². The average Bonchev–Trinajstić information content (AvgIpc) is 2.88. The minimum atomic E-state index is -0.704. The molecule has 1 unspecified atom stereocenters. The van der Waals surface area contributed by atoms with E-state index in [1.807, 2.05) is 11.8 Å². The van der Waals surface area contributed by atoms with E-state index in [0.29, 0.717) is 6.04 Å². The predicted molar refractivity (Wildman–Crippen MR) is 71.8 cm³/mol. The van der Waals surface area contributed by atoms with Crippen molar-refractivity contribution in [3.8, 4) is 0 Å². The molecule has 1 atom stereocenters. The smallest absolute Gasteiger partial charge is 0.320 e. The van der Waals surface area contributed by atoms with Gasteiger partial charge in [0.05, 0.1) is 0 Å². The average molecular weight is 266 g/mol. The summed E-state index contributed by atoms with van der Waals surface area (Å²) in [7, 11) is 0. The number of amides is 1. The highest BCUT2D eigenvalue weighted by atomic mass is 16.4. The van der Waals surface area contributed by atoms with Crippen LogP contribution in [0.3, 0.4) is 0 Å². The van der Waals surface area contributed by atoms with Crippen LogP contribution in [0.4, 0.5) is 0 Å². The minimum absolute atomic E-state index is 0.0668. The Kier molecular flexibility index (Phi) is 4.58. The summed E-state index contributed by atoms with van der Waals surface area (Å²) in [5.41, 5.74) is 0. The predicted octanol–water partition coefficient (Wildman–Crippen LogP) is 1.10. The van der Waals surface area contributed by atoms with E-state index in [2.05, 4.69) is 4.90 Å². The molecule has 0 aliphatic carbocycles. The molecule has 5 nitrogen and oxygen atoms in total. The second kappa shape index (κ2) is 6.19. The number of carbonyl (C=O) groups is 2. The van der Waals surface area contributed by atoms with Crippen molar-refractivity contribution in [3.05, 3.63) is 12.2 Å². The third kappa shape index (κ3) is 3.15. The minimum Gasteiger partial charge on any atom is -0.480 e. The normalized spacial score (nSPS) is 26.2. The van der Waals surface area contributed by atoms with Gasteiger partial charge in [-0.3, -0.25) is 14.5 Å². The summed E-state index contributed by atoms with van der Waals surface area (Å²) < 4.78 is 0. The summed E-state index contributed by atoms with van der Waals surface area (Å²) >= 11 is 0. The van der Waals surface area contributed by atoms with Crippen LogP contribution in [0.25, 0.3) is 0 Å². The maximum Gasteiger partial charge on any atom is 0.320 e. The molecule has 0 spiro atoms. The zero-order valence-electron chi connectivity index (χ0n) is 11.4.